The molecule has 0 aliphatic heterocycles. The number of methoxy groups -OCH3 is 1. The van der Waals surface area contributed by atoms with Crippen LogP contribution in [0.3, 0.4) is 0 Å². The molecule has 1 aromatic heterocycles. The Labute approximate surface area is 122 Å². The molecule has 1 heterocycles. The van der Waals surface area contributed by atoms with Crippen molar-refractivity contribution in [3.05, 3.63) is 40.9 Å². The zero-order valence-electron chi connectivity index (χ0n) is 10.1. The molecule has 0 radical (unpaired) electrons. The van der Waals surface area contributed by atoms with Crippen LogP contribution >= 0.6 is 27.3 Å². The van der Waals surface area contributed by atoms with Gasteiger partial charge in [-0.25, -0.2) is 4.98 Å². The van der Waals surface area contributed by atoms with Crippen molar-refractivity contribution < 1.29 is 9.84 Å². The normalized spacial score (nSPS) is 10.8. The fourth-order valence-electron chi connectivity index (χ4n) is 1.83. The molecule has 19 heavy (non-hydrogen) atoms. The van der Waals surface area contributed by atoms with Crippen molar-refractivity contribution in [1.29, 1.82) is 0 Å². The zero-order valence-corrected chi connectivity index (χ0v) is 12.5. The van der Waals surface area contributed by atoms with E-state index in [-0.39, 0.29) is 5.75 Å². The van der Waals surface area contributed by atoms with E-state index in [2.05, 4.69) is 20.9 Å². The number of fused-ring (bicyclic) bond motifs is 1. The lowest BCUT2D eigenvalue weighted by molar-refractivity contribution is 0.415. The van der Waals surface area contributed by atoms with E-state index in [0.717, 1.165) is 31.0 Å². The fourth-order valence-corrected chi connectivity index (χ4v) is 3.21. The summed E-state index contributed by atoms with van der Waals surface area (Å²) in [5.74, 6) is 1.03. The number of rotatable bonds is 2. The third-order valence-corrected chi connectivity index (χ3v) is 4.33. The highest BCUT2D eigenvalue weighted by atomic mass is 79.9. The van der Waals surface area contributed by atoms with Gasteiger partial charge in [-0.05, 0) is 36.4 Å². The summed E-state index contributed by atoms with van der Waals surface area (Å²) in [4.78, 5) is 4.54. The molecule has 3 rings (SSSR count). The van der Waals surface area contributed by atoms with Crippen LogP contribution < -0.4 is 4.74 Å². The molecule has 1 N–H and O–H groups in total. The lowest BCUT2D eigenvalue weighted by atomic mass is 10.2. The van der Waals surface area contributed by atoms with Crippen molar-refractivity contribution in [3.8, 4) is 22.1 Å². The molecule has 0 aliphatic rings. The summed E-state index contributed by atoms with van der Waals surface area (Å²) in [6.45, 7) is 0. The smallest absolute Gasteiger partial charge is 0.128 e. The second-order valence-electron chi connectivity index (χ2n) is 4.01. The van der Waals surface area contributed by atoms with E-state index in [4.69, 9.17) is 4.74 Å². The topological polar surface area (TPSA) is 42.4 Å². The molecule has 96 valence electrons. The summed E-state index contributed by atoms with van der Waals surface area (Å²) in [5.41, 5.74) is 1.64. The van der Waals surface area contributed by atoms with Gasteiger partial charge in [0.2, 0.25) is 0 Å². The lowest BCUT2D eigenvalue weighted by Crippen LogP contribution is -1.80. The van der Waals surface area contributed by atoms with Gasteiger partial charge in [-0.1, -0.05) is 15.9 Å². The first kappa shape index (κ1) is 12.4. The number of phenolic OH excluding ortho intramolecular Hbond substituents is 1. The van der Waals surface area contributed by atoms with Crippen molar-refractivity contribution in [2.45, 2.75) is 0 Å². The summed E-state index contributed by atoms with van der Waals surface area (Å²) in [7, 11) is 1.64. The van der Waals surface area contributed by atoms with E-state index < -0.39 is 0 Å². The number of halogens is 1. The van der Waals surface area contributed by atoms with Crippen molar-refractivity contribution >= 4 is 37.5 Å². The molecule has 0 atom stereocenters. The van der Waals surface area contributed by atoms with Gasteiger partial charge in [0.05, 0.1) is 22.9 Å². The number of phenols is 1. The van der Waals surface area contributed by atoms with E-state index in [1.54, 1.807) is 13.2 Å². The van der Waals surface area contributed by atoms with Gasteiger partial charge in [0.25, 0.3) is 0 Å². The first-order valence-corrected chi connectivity index (χ1v) is 7.22. The second-order valence-corrected chi connectivity index (χ2v) is 5.96. The molecule has 3 nitrogen and oxygen atoms in total. The van der Waals surface area contributed by atoms with Crippen LogP contribution in [0.2, 0.25) is 0 Å². The molecule has 0 aliphatic carbocycles. The first-order chi connectivity index (χ1) is 9.17. The van der Waals surface area contributed by atoms with Crippen LogP contribution in [-0.2, 0) is 0 Å². The number of aromatic hydroxyl groups is 1. The molecule has 3 aromatic rings. The van der Waals surface area contributed by atoms with Gasteiger partial charge in [0.15, 0.2) is 0 Å². The van der Waals surface area contributed by atoms with Gasteiger partial charge in [-0.3, -0.25) is 0 Å². The Morgan fingerprint density at radius 3 is 2.79 bits per heavy atom. The minimum absolute atomic E-state index is 0.223. The maximum Gasteiger partial charge on any atom is 0.128 e. The van der Waals surface area contributed by atoms with Crippen molar-refractivity contribution in [2.75, 3.05) is 7.11 Å². The Kier molecular flexibility index (Phi) is 3.16. The highest BCUT2D eigenvalue weighted by Crippen LogP contribution is 2.37. The van der Waals surface area contributed by atoms with E-state index >= 15 is 0 Å². The van der Waals surface area contributed by atoms with Gasteiger partial charge < -0.3 is 9.84 Å². The Morgan fingerprint density at radius 1 is 1.21 bits per heavy atom. The molecule has 5 heteroatoms. The van der Waals surface area contributed by atoms with Gasteiger partial charge in [-0.2, -0.15) is 0 Å². The monoisotopic (exact) mass is 335 g/mol. The quantitative estimate of drug-likeness (QED) is 0.752. The molecule has 0 saturated heterocycles. The Morgan fingerprint density at radius 2 is 2.05 bits per heavy atom. The lowest BCUT2D eigenvalue weighted by Gasteiger charge is -2.00. The van der Waals surface area contributed by atoms with Crippen LogP contribution in [-0.4, -0.2) is 17.2 Å². The minimum Gasteiger partial charge on any atom is -0.507 e. The molecule has 0 amide bonds. The summed E-state index contributed by atoms with van der Waals surface area (Å²) in [6.07, 6.45) is 0. The molecule has 0 unspecified atom stereocenters. The Balaban J connectivity index is 2.14. The van der Waals surface area contributed by atoms with Crippen LogP contribution in [0.1, 0.15) is 0 Å². The summed E-state index contributed by atoms with van der Waals surface area (Å²) in [5, 5.41) is 10.8. The van der Waals surface area contributed by atoms with Gasteiger partial charge in [-0.15, -0.1) is 11.3 Å². The predicted molar refractivity (Wildman–Crippen MR) is 81.0 cm³/mol. The van der Waals surface area contributed by atoms with E-state index in [0.29, 0.717) is 0 Å². The number of thiazole rings is 1. The molecule has 0 fully saturated rings. The number of hydrogen-bond donors (Lipinski definition) is 1. The predicted octanol–water partition coefficient (Wildman–Crippen LogP) is 4.44. The largest absolute Gasteiger partial charge is 0.507 e. The molecule has 0 saturated carbocycles. The highest BCUT2D eigenvalue weighted by molar-refractivity contribution is 9.10. The van der Waals surface area contributed by atoms with Gasteiger partial charge in [0, 0.05) is 4.47 Å². The molecular formula is C14H10BrNO2S. The second kappa shape index (κ2) is 4.83. The summed E-state index contributed by atoms with van der Waals surface area (Å²) < 4.78 is 7.08. The van der Waals surface area contributed by atoms with Crippen LogP contribution in [0.15, 0.2) is 40.9 Å². The fraction of sp³-hybridized carbons (Fsp3) is 0.0714. The SMILES string of the molecule is COc1ccc2nc(-c3ccc(Br)cc3O)sc2c1. The van der Waals surface area contributed by atoms with Crippen LogP contribution in [0.25, 0.3) is 20.8 Å². The summed E-state index contributed by atoms with van der Waals surface area (Å²) >= 11 is 4.86. The number of nitrogens with zero attached hydrogens (tertiary/aromatic N) is 1. The molecule has 2 aromatic carbocycles. The average Bonchev–Trinajstić information content (AvgIpc) is 2.80. The van der Waals surface area contributed by atoms with Crippen LogP contribution in [0.4, 0.5) is 0 Å². The van der Waals surface area contributed by atoms with E-state index in [9.17, 15) is 5.11 Å². The Hall–Kier alpha value is -1.59. The maximum atomic E-state index is 9.98. The zero-order chi connectivity index (χ0) is 13.4. The van der Waals surface area contributed by atoms with Gasteiger partial charge in [0.1, 0.15) is 16.5 Å². The van der Waals surface area contributed by atoms with Crippen molar-refractivity contribution in [2.24, 2.45) is 0 Å². The first-order valence-electron chi connectivity index (χ1n) is 5.61. The third kappa shape index (κ3) is 2.31. The summed E-state index contributed by atoms with van der Waals surface area (Å²) in [6, 6.07) is 11.2. The third-order valence-electron chi connectivity index (χ3n) is 2.79. The van der Waals surface area contributed by atoms with E-state index in [1.807, 2.05) is 30.3 Å². The van der Waals surface area contributed by atoms with Crippen molar-refractivity contribution in [3.63, 3.8) is 0 Å². The maximum absolute atomic E-state index is 9.98. The van der Waals surface area contributed by atoms with Gasteiger partial charge >= 0.3 is 0 Å². The molecular weight excluding hydrogens is 326 g/mol. The minimum atomic E-state index is 0.223. The molecule has 0 spiro atoms. The number of aromatic nitrogens is 1. The molecule has 0 bridgehead atoms. The Bertz CT molecular complexity index is 754. The average molecular weight is 336 g/mol. The van der Waals surface area contributed by atoms with E-state index in [1.165, 1.54) is 11.3 Å². The number of ether oxygens (including phenoxy) is 1. The standard InChI is InChI=1S/C14H10BrNO2S/c1-18-9-3-5-11-13(7-9)19-14(16-11)10-4-2-8(15)6-12(10)17/h2-7,17H,1H3. The van der Waals surface area contributed by atoms with Crippen LogP contribution in [0, 0.1) is 0 Å². The van der Waals surface area contributed by atoms with Crippen LogP contribution in [0.5, 0.6) is 11.5 Å². The number of hydrogen-bond acceptors (Lipinski definition) is 4. The van der Waals surface area contributed by atoms with Crippen molar-refractivity contribution in [1.82, 2.24) is 4.98 Å². The number of benzene rings is 2. The highest BCUT2D eigenvalue weighted by Gasteiger charge is 2.11.